The molecule has 0 bridgehead atoms. The van der Waals surface area contributed by atoms with E-state index in [1.165, 1.54) is 6.21 Å². The number of benzene rings is 4. The molecule has 1 heterocycles. The van der Waals surface area contributed by atoms with Gasteiger partial charge in [-0.2, -0.15) is 5.10 Å². The predicted molar refractivity (Wildman–Crippen MR) is 146 cm³/mol. The molecule has 5 rings (SSSR count). The van der Waals surface area contributed by atoms with E-state index in [0.717, 1.165) is 33.4 Å². The molecule has 0 radical (unpaired) electrons. The van der Waals surface area contributed by atoms with Gasteiger partial charge >= 0.3 is 5.97 Å². The molecular weight excluding hydrogens is 462 g/mol. The van der Waals surface area contributed by atoms with Crippen LogP contribution in [0.25, 0.3) is 16.5 Å². The Morgan fingerprint density at radius 2 is 1.46 bits per heavy atom. The van der Waals surface area contributed by atoms with Crippen molar-refractivity contribution in [3.8, 4) is 11.4 Å². The highest BCUT2D eigenvalue weighted by atomic mass is 16.5. The zero-order valence-electron chi connectivity index (χ0n) is 20.5. The second kappa shape index (κ2) is 10.3. The van der Waals surface area contributed by atoms with Crippen LogP contribution in [0.4, 0.5) is 0 Å². The molecule has 0 spiro atoms. The Labute approximate surface area is 214 Å². The van der Waals surface area contributed by atoms with E-state index in [2.05, 4.69) is 27.2 Å². The molecule has 182 valence electrons. The van der Waals surface area contributed by atoms with E-state index in [1.807, 2.05) is 62.4 Å². The normalized spacial score (nSPS) is 11.1. The summed E-state index contributed by atoms with van der Waals surface area (Å²) in [6, 6.07) is 31.6. The van der Waals surface area contributed by atoms with Crippen LogP contribution < -0.4 is 10.2 Å². The van der Waals surface area contributed by atoms with Gasteiger partial charge in [-0.25, -0.2) is 10.2 Å². The number of hydrogen-bond acceptors (Lipinski definition) is 4. The Kier molecular flexibility index (Phi) is 6.64. The Balaban J connectivity index is 1.19. The van der Waals surface area contributed by atoms with Gasteiger partial charge in [0.2, 0.25) is 0 Å². The van der Waals surface area contributed by atoms with Crippen molar-refractivity contribution in [2.75, 3.05) is 0 Å². The molecule has 37 heavy (non-hydrogen) atoms. The van der Waals surface area contributed by atoms with Gasteiger partial charge in [0.15, 0.2) is 0 Å². The summed E-state index contributed by atoms with van der Waals surface area (Å²) >= 11 is 0. The number of nitrogens with one attached hydrogen (secondary N) is 1. The van der Waals surface area contributed by atoms with Crippen LogP contribution >= 0.6 is 0 Å². The Morgan fingerprint density at radius 3 is 2.19 bits per heavy atom. The number of fused-ring (bicyclic) bond motifs is 1. The number of amides is 1. The molecule has 4 aromatic carbocycles. The van der Waals surface area contributed by atoms with E-state index in [4.69, 9.17) is 4.74 Å². The topological polar surface area (TPSA) is 72.7 Å². The lowest BCUT2D eigenvalue weighted by molar-refractivity contribution is 0.0736. The Bertz CT molecular complexity index is 1590. The van der Waals surface area contributed by atoms with Crippen LogP contribution in [0.1, 0.15) is 37.7 Å². The summed E-state index contributed by atoms with van der Waals surface area (Å²) in [5, 5.41) is 5.88. The third-order valence-corrected chi connectivity index (χ3v) is 6.14. The maximum Gasteiger partial charge on any atom is 0.344 e. The number of carbonyl (C=O) groups excluding carboxylic acids is 2. The van der Waals surface area contributed by atoms with Gasteiger partial charge < -0.3 is 9.30 Å². The van der Waals surface area contributed by atoms with Crippen molar-refractivity contribution in [1.29, 1.82) is 0 Å². The van der Waals surface area contributed by atoms with E-state index < -0.39 is 5.97 Å². The minimum absolute atomic E-state index is 0.301. The molecule has 0 aliphatic rings. The molecule has 0 aliphatic carbocycles. The molecule has 6 nitrogen and oxygen atoms in total. The molecule has 0 unspecified atom stereocenters. The quantitative estimate of drug-likeness (QED) is 0.134. The molecule has 0 fully saturated rings. The standard InChI is InChI=1S/C31H25N3O3/c1-21-10-11-22(2)34(21)26-16-14-25(15-17-26)30(35)33-32-20-23-12-18-27(19-13-23)37-31(36)29-9-5-7-24-6-3-4-8-28(24)29/h3-20H,1-2H3,(H,33,35)/b32-20-. The first kappa shape index (κ1) is 23.8. The van der Waals surface area contributed by atoms with Crippen molar-refractivity contribution < 1.29 is 14.3 Å². The summed E-state index contributed by atoms with van der Waals surface area (Å²) in [5.41, 5.74) is 7.59. The van der Waals surface area contributed by atoms with Crippen molar-refractivity contribution in [2.24, 2.45) is 5.10 Å². The summed E-state index contributed by atoms with van der Waals surface area (Å²) in [5.74, 6) is -0.296. The van der Waals surface area contributed by atoms with E-state index in [-0.39, 0.29) is 5.91 Å². The van der Waals surface area contributed by atoms with Gasteiger partial charge in [-0.3, -0.25) is 4.79 Å². The fourth-order valence-electron chi connectivity index (χ4n) is 4.25. The monoisotopic (exact) mass is 487 g/mol. The predicted octanol–water partition coefficient (Wildman–Crippen LogP) is 6.23. The number of nitrogens with zero attached hydrogens (tertiary/aromatic N) is 2. The highest BCUT2D eigenvalue weighted by Crippen LogP contribution is 2.21. The summed E-state index contributed by atoms with van der Waals surface area (Å²) < 4.78 is 7.69. The number of aromatic nitrogens is 1. The summed E-state index contributed by atoms with van der Waals surface area (Å²) in [7, 11) is 0. The largest absolute Gasteiger partial charge is 0.423 e. The first-order valence-corrected chi connectivity index (χ1v) is 11.9. The zero-order chi connectivity index (χ0) is 25.8. The average Bonchev–Trinajstić information content (AvgIpc) is 3.26. The van der Waals surface area contributed by atoms with Crippen molar-refractivity contribution in [3.05, 3.63) is 131 Å². The fraction of sp³-hybridized carbons (Fsp3) is 0.0645. The lowest BCUT2D eigenvalue weighted by atomic mass is 10.0. The molecule has 1 N–H and O–H groups in total. The molecule has 0 atom stereocenters. The van der Waals surface area contributed by atoms with Crippen molar-refractivity contribution in [2.45, 2.75) is 13.8 Å². The number of esters is 1. The van der Waals surface area contributed by atoms with Gasteiger partial charge in [0.25, 0.3) is 5.91 Å². The minimum Gasteiger partial charge on any atom is -0.423 e. The SMILES string of the molecule is Cc1ccc(C)n1-c1ccc(C(=O)N/N=C\c2ccc(OC(=O)c3cccc4ccccc34)cc2)cc1. The molecule has 6 heteroatoms. The van der Waals surface area contributed by atoms with Gasteiger partial charge in [-0.15, -0.1) is 0 Å². The van der Waals surface area contributed by atoms with Gasteiger partial charge in [0, 0.05) is 22.6 Å². The third kappa shape index (κ3) is 5.18. The van der Waals surface area contributed by atoms with Crippen molar-refractivity contribution >= 4 is 28.9 Å². The minimum atomic E-state index is -0.418. The van der Waals surface area contributed by atoms with E-state index >= 15 is 0 Å². The first-order valence-electron chi connectivity index (χ1n) is 11.9. The van der Waals surface area contributed by atoms with Crippen molar-refractivity contribution in [3.63, 3.8) is 0 Å². The number of hydrogen-bond donors (Lipinski definition) is 1. The second-order valence-corrected chi connectivity index (χ2v) is 8.68. The lowest BCUT2D eigenvalue weighted by Crippen LogP contribution is -2.17. The van der Waals surface area contributed by atoms with Crippen molar-refractivity contribution in [1.82, 2.24) is 9.99 Å². The highest BCUT2D eigenvalue weighted by molar-refractivity contribution is 6.05. The van der Waals surface area contributed by atoms with E-state index in [9.17, 15) is 9.59 Å². The molecule has 0 saturated heterocycles. The van der Waals surface area contributed by atoms with Crippen LogP contribution in [-0.4, -0.2) is 22.7 Å². The smallest absolute Gasteiger partial charge is 0.344 e. The van der Waals surface area contributed by atoms with Gasteiger partial charge in [-0.05, 0) is 96.9 Å². The number of carbonyl (C=O) groups is 2. The van der Waals surface area contributed by atoms with Crippen LogP contribution in [0.15, 0.2) is 108 Å². The van der Waals surface area contributed by atoms with Gasteiger partial charge in [0.1, 0.15) is 5.75 Å². The molecular formula is C31H25N3O3. The molecule has 1 amide bonds. The summed E-state index contributed by atoms with van der Waals surface area (Å²) in [6.07, 6.45) is 1.54. The van der Waals surface area contributed by atoms with Crippen LogP contribution in [0, 0.1) is 13.8 Å². The lowest BCUT2D eigenvalue weighted by Gasteiger charge is -2.10. The highest BCUT2D eigenvalue weighted by Gasteiger charge is 2.12. The van der Waals surface area contributed by atoms with Gasteiger partial charge in [-0.1, -0.05) is 36.4 Å². The third-order valence-electron chi connectivity index (χ3n) is 6.14. The van der Waals surface area contributed by atoms with Gasteiger partial charge in [0.05, 0.1) is 11.8 Å². The second-order valence-electron chi connectivity index (χ2n) is 8.68. The van der Waals surface area contributed by atoms with Crippen LogP contribution in [0.2, 0.25) is 0 Å². The first-order chi connectivity index (χ1) is 18.0. The number of ether oxygens (including phenoxy) is 1. The van der Waals surface area contributed by atoms with E-state index in [0.29, 0.717) is 16.9 Å². The zero-order valence-corrected chi connectivity index (χ0v) is 20.5. The van der Waals surface area contributed by atoms with E-state index in [1.54, 1.807) is 42.5 Å². The van der Waals surface area contributed by atoms with Crippen LogP contribution in [0.3, 0.4) is 0 Å². The van der Waals surface area contributed by atoms with Crippen LogP contribution in [0.5, 0.6) is 5.75 Å². The molecule has 0 saturated carbocycles. The maximum absolute atomic E-state index is 12.7. The molecule has 0 aliphatic heterocycles. The summed E-state index contributed by atoms with van der Waals surface area (Å²) in [6.45, 7) is 4.09. The maximum atomic E-state index is 12.7. The molecule has 5 aromatic rings. The number of rotatable bonds is 6. The Hall–Kier alpha value is -4.97. The summed E-state index contributed by atoms with van der Waals surface area (Å²) in [4.78, 5) is 25.2. The van der Waals surface area contributed by atoms with Crippen LogP contribution in [-0.2, 0) is 0 Å². The number of aryl methyl sites for hydroxylation is 2. The fourth-order valence-corrected chi connectivity index (χ4v) is 4.25. The number of hydrazone groups is 1. The average molecular weight is 488 g/mol. The Morgan fingerprint density at radius 1 is 0.784 bits per heavy atom. The molecule has 1 aromatic heterocycles.